The summed E-state index contributed by atoms with van der Waals surface area (Å²) in [7, 11) is 0. The maximum absolute atomic E-state index is 13.8. The van der Waals surface area contributed by atoms with Gasteiger partial charge in [-0.2, -0.15) is 0 Å². The number of fused-ring (bicyclic) bond motifs is 1. The lowest BCUT2D eigenvalue weighted by atomic mass is 10.1. The van der Waals surface area contributed by atoms with E-state index in [0.717, 1.165) is 17.9 Å². The fourth-order valence-corrected chi connectivity index (χ4v) is 3.56. The van der Waals surface area contributed by atoms with Gasteiger partial charge in [-0.25, -0.2) is 9.37 Å². The summed E-state index contributed by atoms with van der Waals surface area (Å²) >= 11 is 0. The molecule has 0 bridgehead atoms. The second-order valence-corrected chi connectivity index (χ2v) is 7.22. The molecule has 2 heterocycles. The molecule has 2 aromatic carbocycles. The number of carbonyl (C=O) groups excluding carboxylic acids is 1. The number of ether oxygens (including phenoxy) is 1. The van der Waals surface area contributed by atoms with E-state index in [0.29, 0.717) is 44.1 Å². The van der Waals surface area contributed by atoms with Crippen molar-refractivity contribution in [3.05, 3.63) is 82.8 Å². The van der Waals surface area contributed by atoms with Crippen molar-refractivity contribution in [2.75, 3.05) is 19.7 Å². The van der Waals surface area contributed by atoms with Crippen LogP contribution < -0.4 is 10.5 Å². The van der Waals surface area contributed by atoms with Crippen molar-refractivity contribution in [3.8, 4) is 5.75 Å². The lowest BCUT2D eigenvalue weighted by Crippen LogP contribution is -2.36. The van der Waals surface area contributed by atoms with Crippen LogP contribution in [0.3, 0.4) is 0 Å². The summed E-state index contributed by atoms with van der Waals surface area (Å²) in [4.78, 5) is 19.3. The Morgan fingerprint density at radius 1 is 1.20 bits per heavy atom. The second-order valence-electron chi connectivity index (χ2n) is 7.22. The predicted octanol–water partition coefficient (Wildman–Crippen LogP) is 3.13. The van der Waals surface area contributed by atoms with E-state index in [1.165, 1.54) is 23.8 Å². The Labute approximate surface area is 174 Å². The van der Waals surface area contributed by atoms with Crippen LogP contribution in [0.25, 0.3) is 0 Å². The molecule has 0 fully saturated rings. The van der Waals surface area contributed by atoms with Crippen LogP contribution in [0.1, 0.15) is 33.3 Å². The van der Waals surface area contributed by atoms with Gasteiger partial charge in [0, 0.05) is 25.9 Å². The zero-order chi connectivity index (χ0) is 20.9. The highest BCUT2D eigenvalue weighted by Crippen LogP contribution is 2.26. The van der Waals surface area contributed by atoms with Crippen LogP contribution in [-0.4, -0.2) is 35.5 Å². The third kappa shape index (κ3) is 4.52. The fourth-order valence-electron chi connectivity index (χ4n) is 3.56. The Bertz CT molecular complexity index is 1020. The third-order valence-corrected chi connectivity index (χ3v) is 5.08. The molecule has 1 amide bonds. The van der Waals surface area contributed by atoms with Crippen LogP contribution in [0.2, 0.25) is 0 Å². The highest BCUT2D eigenvalue weighted by atomic mass is 19.1. The quantitative estimate of drug-likeness (QED) is 0.648. The summed E-state index contributed by atoms with van der Waals surface area (Å²) < 4.78 is 25.2. The molecule has 0 atom stereocenters. The lowest BCUT2D eigenvalue weighted by molar-refractivity contribution is 0.0723. The minimum absolute atomic E-state index is 0.194. The van der Waals surface area contributed by atoms with Crippen molar-refractivity contribution in [3.63, 3.8) is 0 Å². The molecule has 6 nitrogen and oxygen atoms in total. The Hall–Kier alpha value is -3.19. The average Bonchev–Trinajstić information content (AvgIpc) is 3.19. The molecule has 0 spiro atoms. The largest absolute Gasteiger partial charge is 0.491 e. The lowest BCUT2D eigenvalue weighted by Gasteiger charge is -2.26. The Morgan fingerprint density at radius 2 is 2.03 bits per heavy atom. The van der Waals surface area contributed by atoms with Crippen LogP contribution in [0.4, 0.5) is 4.39 Å². The average molecular weight is 409 g/mol. The second kappa shape index (κ2) is 9.09. The van der Waals surface area contributed by atoms with Gasteiger partial charge in [0.1, 0.15) is 29.6 Å². The molecule has 0 saturated heterocycles. The van der Waals surface area contributed by atoms with Gasteiger partial charge in [-0.05, 0) is 30.2 Å². The number of amides is 1. The zero-order valence-electron chi connectivity index (χ0n) is 16.6. The molecule has 3 aromatic rings. The fraction of sp³-hybridized carbons (Fsp3) is 0.304. The number of oxazole rings is 1. The smallest absolute Gasteiger partial charge is 0.258 e. The highest BCUT2D eigenvalue weighted by Gasteiger charge is 2.28. The molecule has 30 heavy (non-hydrogen) atoms. The van der Waals surface area contributed by atoms with Crippen LogP contribution in [-0.2, 0) is 25.8 Å². The minimum atomic E-state index is -0.485. The summed E-state index contributed by atoms with van der Waals surface area (Å²) in [5.74, 6) is 1.06. The first kappa shape index (κ1) is 20.1. The van der Waals surface area contributed by atoms with Crippen molar-refractivity contribution >= 4 is 5.91 Å². The molecule has 2 N–H and O–H groups in total. The number of aryl methyl sites for hydroxylation is 2. The number of hydrogen-bond donors (Lipinski definition) is 1. The molecule has 0 unspecified atom stereocenters. The van der Waals surface area contributed by atoms with E-state index < -0.39 is 5.82 Å². The number of aromatic nitrogens is 1. The normalized spacial score (nSPS) is 13.2. The Morgan fingerprint density at radius 3 is 2.83 bits per heavy atom. The van der Waals surface area contributed by atoms with Gasteiger partial charge in [0.15, 0.2) is 5.89 Å². The van der Waals surface area contributed by atoms with Crippen LogP contribution in [0.5, 0.6) is 5.75 Å². The van der Waals surface area contributed by atoms with Gasteiger partial charge in [-0.3, -0.25) is 4.79 Å². The molecule has 1 aromatic heterocycles. The number of nitrogens with zero attached hydrogens (tertiary/aromatic N) is 2. The predicted molar refractivity (Wildman–Crippen MR) is 110 cm³/mol. The van der Waals surface area contributed by atoms with Gasteiger partial charge in [-0.15, -0.1) is 0 Å². The number of benzene rings is 2. The third-order valence-electron chi connectivity index (χ3n) is 5.08. The van der Waals surface area contributed by atoms with Crippen molar-refractivity contribution < 1.29 is 18.3 Å². The van der Waals surface area contributed by atoms with E-state index in [4.69, 9.17) is 14.9 Å². The summed E-state index contributed by atoms with van der Waals surface area (Å²) in [6.07, 6.45) is 2.12. The Kier molecular flexibility index (Phi) is 6.09. The van der Waals surface area contributed by atoms with Gasteiger partial charge in [0.25, 0.3) is 5.91 Å². The molecule has 156 valence electrons. The molecule has 0 radical (unpaired) electrons. The highest BCUT2D eigenvalue weighted by molar-refractivity contribution is 5.97. The number of rotatable bonds is 7. The minimum Gasteiger partial charge on any atom is -0.491 e. The Balaban J connectivity index is 1.46. The van der Waals surface area contributed by atoms with E-state index in [-0.39, 0.29) is 18.1 Å². The van der Waals surface area contributed by atoms with E-state index >= 15 is 0 Å². The van der Waals surface area contributed by atoms with Crippen molar-refractivity contribution in [1.29, 1.82) is 0 Å². The van der Waals surface area contributed by atoms with E-state index in [1.807, 2.05) is 18.2 Å². The summed E-state index contributed by atoms with van der Waals surface area (Å²) in [5, 5.41) is 0. The van der Waals surface area contributed by atoms with Gasteiger partial charge in [-0.1, -0.05) is 30.3 Å². The van der Waals surface area contributed by atoms with Crippen LogP contribution >= 0.6 is 0 Å². The van der Waals surface area contributed by atoms with Gasteiger partial charge < -0.3 is 19.8 Å². The molecule has 1 aliphatic rings. The maximum Gasteiger partial charge on any atom is 0.258 e. The number of hydrogen-bond acceptors (Lipinski definition) is 5. The monoisotopic (exact) mass is 409 g/mol. The van der Waals surface area contributed by atoms with Gasteiger partial charge in [0.2, 0.25) is 0 Å². The van der Waals surface area contributed by atoms with Crippen molar-refractivity contribution in [1.82, 2.24) is 9.88 Å². The SMILES string of the molecule is NCCOc1ccc(F)cc1C(=O)N1CCc2oc(CCc3ccccc3)nc2C1. The topological polar surface area (TPSA) is 81.6 Å². The maximum atomic E-state index is 13.8. The molecule has 7 heteroatoms. The number of carbonyl (C=O) groups is 1. The van der Waals surface area contributed by atoms with Crippen molar-refractivity contribution in [2.45, 2.75) is 25.8 Å². The molecule has 4 rings (SSSR count). The molecule has 0 saturated carbocycles. The number of nitrogens with two attached hydrogens (primary N) is 1. The molecular formula is C23H24FN3O3. The first-order chi connectivity index (χ1) is 14.6. The first-order valence-corrected chi connectivity index (χ1v) is 10.1. The number of halogens is 1. The summed E-state index contributed by atoms with van der Waals surface area (Å²) in [6, 6.07) is 14.1. The standard InChI is InChI=1S/C23H24FN3O3/c24-17-7-8-20(29-13-11-25)18(14-17)23(28)27-12-10-21-19(15-27)26-22(30-21)9-6-16-4-2-1-3-5-16/h1-5,7-8,14H,6,9-13,15,25H2. The summed E-state index contributed by atoms with van der Waals surface area (Å²) in [5.41, 5.74) is 7.66. The van der Waals surface area contributed by atoms with E-state index in [1.54, 1.807) is 4.90 Å². The first-order valence-electron chi connectivity index (χ1n) is 10.1. The van der Waals surface area contributed by atoms with E-state index in [9.17, 15) is 9.18 Å². The van der Waals surface area contributed by atoms with Gasteiger partial charge in [0.05, 0.1) is 12.1 Å². The molecule has 1 aliphatic heterocycles. The zero-order valence-corrected chi connectivity index (χ0v) is 16.6. The van der Waals surface area contributed by atoms with Crippen LogP contribution in [0, 0.1) is 5.82 Å². The molecular weight excluding hydrogens is 385 g/mol. The van der Waals surface area contributed by atoms with E-state index in [2.05, 4.69) is 17.1 Å². The van der Waals surface area contributed by atoms with Gasteiger partial charge >= 0.3 is 0 Å². The summed E-state index contributed by atoms with van der Waals surface area (Å²) in [6.45, 7) is 1.37. The van der Waals surface area contributed by atoms with Crippen molar-refractivity contribution in [2.24, 2.45) is 5.73 Å². The molecule has 0 aliphatic carbocycles. The van der Waals surface area contributed by atoms with Crippen LogP contribution in [0.15, 0.2) is 52.9 Å².